The smallest absolute Gasteiger partial charge is 0.346 e. The molecule has 1 aromatic heterocycles. The van der Waals surface area contributed by atoms with Crippen LogP contribution in [0.5, 0.6) is 0 Å². The maximum absolute atomic E-state index is 11.7. The molecule has 1 aliphatic rings. The Labute approximate surface area is 154 Å². The van der Waals surface area contributed by atoms with Gasteiger partial charge in [0.1, 0.15) is 15.9 Å². The van der Waals surface area contributed by atoms with Crippen molar-refractivity contribution in [2.45, 2.75) is 6.42 Å². The Morgan fingerprint density at radius 2 is 2.16 bits per heavy atom. The summed E-state index contributed by atoms with van der Waals surface area (Å²) in [5.74, 6) is -1.04. The number of morpholine rings is 1. The summed E-state index contributed by atoms with van der Waals surface area (Å²) >= 11 is 7.06. The number of carboxylic acid groups (broad SMARTS) is 1. The van der Waals surface area contributed by atoms with Gasteiger partial charge in [0.2, 0.25) is 0 Å². The molecule has 2 aromatic rings. The van der Waals surface area contributed by atoms with Gasteiger partial charge >= 0.3 is 5.97 Å². The van der Waals surface area contributed by atoms with Crippen molar-refractivity contribution in [1.82, 2.24) is 0 Å². The van der Waals surface area contributed by atoms with Crippen LogP contribution in [0.2, 0.25) is 5.02 Å². The van der Waals surface area contributed by atoms with Crippen LogP contribution in [-0.2, 0) is 11.2 Å². The average molecular weight is 378 g/mol. The van der Waals surface area contributed by atoms with E-state index in [-0.39, 0.29) is 11.3 Å². The monoisotopic (exact) mass is 377 g/mol. The number of nitrogens with zero attached hydrogens (tertiary/aromatic N) is 2. The molecule has 0 unspecified atom stereocenters. The van der Waals surface area contributed by atoms with Crippen molar-refractivity contribution in [2.75, 3.05) is 36.9 Å². The van der Waals surface area contributed by atoms with Gasteiger partial charge in [0.15, 0.2) is 0 Å². The molecule has 1 aromatic carbocycles. The van der Waals surface area contributed by atoms with E-state index in [1.54, 1.807) is 18.2 Å². The van der Waals surface area contributed by atoms with E-state index in [9.17, 15) is 15.2 Å². The van der Waals surface area contributed by atoms with Crippen molar-refractivity contribution >= 4 is 39.6 Å². The van der Waals surface area contributed by atoms with Crippen LogP contribution in [0.25, 0.3) is 0 Å². The average Bonchev–Trinajstić information content (AvgIpc) is 2.96. The zero-order valence-corrected chi connectivity index (χ0v) is 14.9. The first-order valence-electron chi connectivity index (χ1n) is 7.67. The van der Waals surface area contributed by atoms with E-state index in [0.717, 1.165) is 16.9 Å². The molecule has 6 nitrogen and oxygen atoms in total. The molecule has 2 heterocycles. The van der Waals surface area contributed by atoms with Gasteiger partial charge in [-0.15, -0.1) is 11.3 Å². The summed E-state index contributed by atoms with van der Waals surface area (Å²) < 4.78 is 5.34. The highest BCUT2D eigenvalue weighted by atomic mass is 35.5. The summed E-state index contributed by atoms with van der Waals surface area (Å²) in [7, 11) is 0. The molecule has 8 heteroatoms. The van der Waals surface area contributed by atoms with Gasteiger partial charge in [-0.1, -0.05) is 17.7 Å². The van der Waals surface area contributed by atoms with Crippen LogP contribution in [-0.4, -0.2) is 37.4 Å². The van der Waals surface area contributed by atoms with E-state index in [0.29, 0.717) is 53.1 Å². The Kier molecular flexibility index (Phi) is 5.13. The lowest BCUT2D eigenvalue weighted by atomic mass is 10.00. The maximum atomic E-state index is 11.7. The Hall–Kier alpha value is -2.27. The fraction of sp³-hybridized carbons (Fsp3) is 0.294. The number of nitrogens with two attached hydrogens (primary N) is 1. The van der Waals surface area contributed by atoms with Gasteiger partial charge in [0, 0.05) is 35.8 Å². The summed E-state index contributed by atoms with van der Waals surface area (Å²) in [5, 5.41) is 20.5. The summed E-state index contributed by atoms with van der Waals surface area (Å²) in [5.41, 5.74) is 8.12. The van der Waals surface area contributed by atoms with Crippen molar-refractivity contribution in [3.8, 4) is 6.07 Å². The van der Waals surface area contributed by atoms with Gasteiger partial charge in [0.05, 0.1) is 18.8 Å². The molecule has 1 fully saturated rings. The molecule has 25 heavy (non-hydrogen) atoms. The van der Waals surface area contributed by atoms with E-state index in [4.69, 9.17) is 22.1 Å². The third-order valence-electron chi connectivity index (χ3n) is 4.07. The Bertz CT molecular complexity index is 854. The van der Waals surface area contributed by atoms with Gasteiger partial charge in [-0.3, -0.25) is 0 Å². The zero-order valence-electron chi connectivity index (χ0n) is 13.3. The summed E-state index contributed by atoms with van der Waals surface area (Å²) in [6.07, 6.45) is 0.272. The molecule has 0 spiro atoms. The molecule has 0 saturated carbocycles. The number of benzene rings is 1. The van der Waals surface area contributed by atoms with Crippen LogP contribution in [0.3, 0.4) is 0 Å². The van der Waals surface area contributed by atoms with Crippen molar-refractivity contribution < 1.29 is 14.6 Å². The third kappa shape index (κ3) is 3.56. The number of carbonyl (C=O) groups is 1. The van der Waals surface area contributed by atoms with Gasteiger partial charge in [-0.05, 0) is 17.7 Å². The van der Waals surface area contributed by atoms with E-state index in [1.807, 2.05) is 4.90 Å². The molecule has 3 N–H and O–H groups in total. The standard InChI is InChI=1S/C17H16ClN3O3S/c18-11-2-1-10(14(20)8-11)7-12-13(9-19)16(25-15(12)17(22)23)21-3-5-24-6-4-21/h1-2,8H,3-7,20H2,(H,22,23). The van der Waals surface area contributed by atoms with Crippen LogP contribution in [0, 0.1) is 11.3 Å². The maximum Gasteiger partial charge on any atom is 0.346 e. The van der Waals surface area contributed by atoms with Crippen LogP contribution < -0.4 is 10.6 Å². The SMILES string of the molecule is N#Cc1c(N2CCOCC2)sc(C(=O)O)c1Cc1ccc(Cl)cc1N. The Morgan fingerprint density at radius 1 is 1.44 bits per heavy atom. The van der Waals surface area contributed by atoms with Crippen LogP contribution in [0.15, 0.2) is 18.2 Å². The Balaban J connectivity index is 2.06. The molecule has 1 aliphatic heterocycles. The van der Waals surface area contributed by atoms with E-state index in [2.05, 4.69) is 6.07 Å². The van der Waals surface area contributed by atoms with Gasteiger partial charge in [-0.2, -0.15) is 5.26 Å². The number of nitriles is 1. The number of halogens is 1. The fourth-order valence-corrected chi connectivity index (χ4v) is 4.16. The van der Waals surface area contributed by atoms with E-state index in [1.165, 1.54) is 0 Å². The zero-order chi connectivity index (χ0) is 18.0. The second kappa shape index (κ2) is 7.31. The van der Waals surface area contributed by atoms with Crippen LogP contribution in [0.1, 0.15) is 26.4 Å². The van der Waals surface area contributed by atoms with Gasteiger partial charge in [0.25, 0.3) is 0 Å². The lowest BCUT2D eigenvalue weighted by Gasteiger charge is -2.27. The molecule has 0 aliphatic carbocycles. The number of rotatable bonds is 4. The molecule has 1 saturated heterocycles. The van der Waals surface area contributed by atoms with Gasteiger partial charge < -0.3 is 20.5 Å². The number of carboxylic acids is 1. The molecule has 0 atom stereocenters. The van der Waals surface area contributed by atoms with E-state index >= 15 is 0 Å². The topological polar surface area (TPSA) is 99.6 Å². The number of ether oxygens (including phenoxy) is 1. The lowest BCUT2D eigenvalue weighted by molar-refractivity contribution is 0.0701. The lowest BCUT2D eigenvalue weighted by Crippen LogP contribution is -2.36. The first-order chi connectivity index (χ1) is 12.0. The number of anilines is 2. The second-order valence-corrected chi connectivity index (χ2v) is 7.06. The summed E-state index contributed by atoms with van der Waals surface area (Å²) in [6, 6.07) is 7.27. The predicted molar refractivity (Wildman–Crippen MR) is 97.7 cm³/mol. The minimum atomic E-state index is -1.04. The molecule has 3 rings (SSSR count). The number of aromatic carboxylic acids is 1. The first kappa shape index (κ1) is 17.5. The largest absolute Gasteiger partial charge is 0.477 e. The highest BCUT2D eigenvalue weighted by Crippen LogP contribution is 2.38. The van der Waals surface area contributed by atoms with Crippen molar-refractivity contribution in [2.24, 2.45) is 0 Å². The molecular formula is C17H16ClN3O3S. The van der Waals surface area contributed by atoms with Crippen molar-refractivity contribution in [3.63, 3.8) is 0 Å². The normalized spacial score (nSPS) is 14.3. The van der Waals surface area contributed by atoms with Crippen LogP contribution >= 0.6 is 22.9 Å². The minimum Gasteiger partial charge on any atom is -0.477 e. The highest BCUT2D eigenvalue weighted by Gasteiger charge is 2.27. The van der Waals surface area contributed by atoms with Crippen molar-refractivity contribution in [1.29, 1.82) is 5.26 Å². The predicted octanol–water partition coefficient (Wildman–Crippen LogP) is 2.98. The Morgan fingerprint density at radius 3 is 2.76 bits per heavy atom. The fourth-order valence-electron chi connectivity index (χ4n) is 2.81. The van der Waals surface area contributed by atoms with Gasteiger partial charge in [-0.25, -0.2) is 4.79 Å². The number of nitrogen functional groups attached to an aromatic ring is 1. The molecular weight excluding hydrogens is 362 g/mol. The summed E-state index contributed by atoms with van der Waals surface area (Å²) in [6.45, 7) is 2.39. The molecule has 0 amide bonds. The van der Waals surface area contributed by atoms with Crippen LogP contribution in [0.4, 0.5) is 10.7 Å². The second-order valence-electron chi connectivity index (χ2n) is 5.63. The van der Waals surface area contributed by atoms with E-state index < -0.39 is 5.97 Å². The summed E-state index contributed by atoms with van der Waals surface area (Å²) in [4.78, 5) is 13.9. The first-order valence-corrected chi connectivity index (χ1v) is 8.86. The minimum absolute atomic E-state index is 0.174. The van der Waals surface area contributed by atoms with Crippen molar-refractivity contribution in [3.05, 3.63) is 44.8 Å². The number of hydrogen-bond donors (Lipinski definition) is 2. The number of hydrogen-bond acceptors (Lipinski definition) is 6. The molecule has 0 radical (unpaired) electrons. The third-order valence-corrected chi connectivity index (χ3v) is 5.58. The molecule has 130 valence electrons. The molecule has 0 bridgehead atoms. The highest BCUT2D eigenvalue weighted by molar-refractivity contribution is 7.18. The quantitative estimate of drug-likeness (QED) is 0.794. The number of thiophene rings is 1.